The molecule has 0 heterocycles. The second-order valence-corrected chi connectivity index (χ2v) is 10.3. The highest BCUT2D eigenvalue weighted by Crippen LogP contribution is 2.17. The molecule has 0 aromatic heterocycles. The van der Waals surface area contributed by atoms with Crippen molar-refractivity contribution in [3.05, 3.63) is 0 Å². The molecule has 16 heteroatoms. The molecule has 0 radical (unpaired) electrons. The third kappa shape index (κ3) is 19.4. The van der Waals surface area contributed by atoms with Gasteiger partial charge in [0, 0.05) is 32.6 Å². The number of rotatable bonds is 22. The molecular formula is C28H48F6N4O6. The van der Waals surface area contributed by atoms with E-state index in [4.69, 9.17) is 9.47 Å². The van der Waals surface area contributed by atoms with Gasteiger partial charge in [-0.15, -0.1) is 0 Å². The van der Waals surface area contributed by atoms with Crippen molar-refractivity contribution in [3.8, 4) is 0 Å². The normalized spacial score (nSPS) is 11.7. The highest BCUT2D eigenvalue weighted by Gasteiger charge is 2.43. The van der Waals surface area contributed by atoms with Gasteiger partial charge in [-0.25, -0.2) is 9.59 Å². The van der Waals surface area contributed by atoms with Crippen LogP contribution in [-0.4, -0.2) is 91.7 Å². The van der Waals surface area contributed by atoms with Gasteiger partial charge in [0.15, 0.2) is 0 Å². The Morgan fingerprint density at radius 1 is 0.568 bits per heavy atom. The first kappa shape index (κ1) is 41.1. The van der Waals surface area contributed by atoms with Gasteiger partial charge in [-0.05, 0) is 32.1 Å². The van der Waals surface area contributed by atoms with Gasteiger partial charge in [-0.2, -0.15) is 26.3 Å². The van der Waals surface area contributed by atoms with Crippen molar-refractivity contribution in [3.63, 3.8) is 0 Å². The predicted octanol–water partition coefficient (Wildman–Crippen LogP) is 6.29. The number of nitrogens with zero attached hydrogens (tertiary/aromatic N) is 2. The number of carbonyl (C=O) groups excluding carboxylic acids is 4. The molecule has 258 valence electrons. The molecule has 0 aromatic carbocycles. The molecular weight excluding hydrogens is 602 g/mol. The van der Waals surface area contributed by atoms with Crippen LogP contribution in [0.1, 0.15) is 97.8 Å². The van der Waals surface area contributed by atoms with E-state index in [1.54, 1.807) is 0 Å². The smallest absolute Gasteiger partial charge is 0.449 e. The number of carbonyl (C=O) groups is 4. The lowest BCUT2D eigenvalue weighted by molar-refractivity contribution is -0.178. The zero-order valence-corrected chi connectivity index (χ0v) is 25.9. The zero-order chi connectivity index (χ0) is 33.6. The maximum absolute atomic E-state index is 12.8. The van der Waals surface area contributed by atoms with Crippen LogP contribution < -0.4 is 10.6 Å². The van der Waals surface area contributed by atoms with E-state index >= 15 is 0 Å². The van der Waals surface area contributed by atoms with Crippen LogP contribution >= 0.6 is 0 Å². The molecule has 44 heavy (non-hydrogen) atoms. The fourth-order valence-electron chi connectivity index (χ4n) is 3.97. The van der Waals surface area contributed by atoms with Crippen LogP contribution in [0.3, 0.4) is 0 Å². The lowest BCUT2D eigenvalue weighted by atomic mass is 10.2. The fraction of sp³-hybridized carbons (Fsp3) is 0.857. The second-order valence-electron chi connectivity index (χ2n) is 10.3. The van der Waals surface area contributed by atoms with E-state index < -0.39 is 55.5 Å². The molecule has 0 rings (SSSR count). The average Bonchev–Trinajstić information content (AvgIpc) is 2.94. The van der Waals surface area contributed by atoms with E-state index in [1.165, 1.54) is 15.5 Å². The van der Waals surface area contributed by atoms with E-state index in [0.717, 1.165) is 49.8 Å². The summed E-state index contributed by atoms with van der Waals surface area (Å²) in [5.41, 5.74) is 0. The van der Waals surface area contributed by atoms with E-state index in [2.05, 4.69) is 6.92 Å². The van der Waals surface area contributed by atoms with Crippen molar-refractivity contribution in [2.45, 2.75) is 116 Å². The molecule has 10 nitrogen and oxygen atoms in total. The largest absolute Gasteiger partial charge is 0.471 e. The molecule has 0 saturated carbocycles. The van der Waals surface area contributed by atoms with E-state index in [9.17, 15) is 45.5 Å². The van der Waals surface area contributed by atoms with Crippen LogP contribution in [0.25, 0.3) is 0 Å². The molecule has 0 fully saturated rings. The summed E-state index contributed by atoms with van der Waals surface area (Å²) in [5.74, 6) is -5.11. The Labute approximate surface area is 255 Å². The minimum absolute atomic E-state index is 0.00697. The topological polar surface area (TPSA) is 117 Å². The van der Waals surface area contributed by atoms with Gasteiger partial charge in [-0.1, -0.05) is 59.3 Å². The van der Waals surface area contributed by atoms with Gasteiger partial charge in [0.1, 0.15) is 6.17 Å². The van der Waals surface area contributed by atoms with Gasteiger partial charge in [0.05, 0.1) is 13.2 Å². The number of hydrogen-bond acceptors (Lipinski definition) is 6. The molecule has 0 aromatic rings. The number of alkyl halides is 6. The zero-order valence-electron chi connectivity index (χ0n) is 25.9. The molecule has 0 spiro atoms. The van der Waals surface area contributed by atoms with Gasteiger partial charge in [0.2, 0.25) is 0 Å². The van der Waals surface area contributed by atoms with Crippen LogP contribution in [-0.2, 0) is 19.1 Å². The Bertz CT molecular complexity index is 816. The highest BCUT2D eigenvalue weighted by molar-refractivity contribution is 5.84. The molecule has 4 amide bonds. The van der Waals surface area contributed by atoms with Crippen LogP contribution in [0.5, 0.6) is 0 Å². The first-order valence-electron chi connectivity index (χ1n) is 15.3. The van der Waals surface area contributed by atoms with Crippen LogP contribution in [0.15, 0.2) is 0 Å². The summed E-state index contributed by atoms with van der Waals surface area (Å²) in [6.45, 7) is 6.61. The molecule has 0 aliphatic rings. The number of ether oxygens (including phenoxy) is 2. The summed E-state index contributed by atoms with van der Waals surface area (Å²) in [5, 5.41) is 2.65. The minimum atomic E-state index is -5.42. The van der Waals surface area contributed by atoms with Crippen molar-refractivity contribution >= 4 is 24.0 Å². The van der Waals surface area contributed by atoms with Crippen molar-refractivity contribution in [1.29, 1.82) is 0 Å². The lowest BCUT2D eigenvalue weighted by Gasteiger charge is -2.27. The Hall–Kier alpha value is -2.94. The number of hydrogen-bond donors (Lipinski definition) is 2. The molecule has 0 unspecified atom stereocenters. The standard InChI is InChI=1S/C28H48F6N4O6/c1-4-7-9-13-20-43-25(41)37(16-6-3)17-11-12-18-38(26(42)44-21-14-10-8-5-2)19-15-22(35-23(39)27(29,30)31)36-24(40)28(32,33)34/h22H,4-21H2,1-3H3,(H,35,39)(H,36,40). The third-order valence-electron chi connectivity index (χ3n) is 6.38. The number of nitrogens with one attached hydrogen (secondary N) is 2. The predicted molar refractivity (Wildman–Crippen MR) is 150 cm³/mol. The number of amides is 4. The van der Waals surface area contributed by atoms with Gasteiger partial charge in [0.25, 0.3) is 0 Å². The fourth-order valence-corrected chi connectivity index (χ4v) is 3.97. The van der Waals surface area contributed by atoms with E-state index in [-0.39, 0.29) is 13.2 Å². The Kier molecular flexibility index (Phi) is 21.0. The lowest BCUT2D eigenvalue weighted by Crippen LogP contribution is -2.55. The molecule has 0 saturated heterocycles. The monoisotopic (exact) mass is 650 g/mol. The van der Waals surface area contributed by atoms with E-state index in [1.807, 2.05) is 13.8 Å². The van der Waals surface area contributed by atoms with Crippen molar-refractivity contribution in [2.24, 2.45) is 0 Å². The maximum Gasteiger partial charge on any atom is 0.471 e. The summed E-state index contributed by atoms with van der Waals surface area (Å²) < 4.78 is 87.2. The van der Waals surface area contributed by atoms with Gasteiger partial charge >= 0.3 is 36.4 Å². The van der Waals surface area contributed by atoms with Crippen LogP contribution in [0, 0.1) is 0 Å². The van der Waals surface area contributed by atoms with Crippen molar-refractivity contribution in [1.82, 2.24) is 20.4 Å². The summed E-state index contributed by atoms with van der Waals surface area (Å²) in [6, 6.07) is 0. The summed E-state index contributed by atoms with van der Waals surface area (Å²) in [6.07, 6.45) is -6.50. The molecule has 0 bridgehead atoms. The van der Waals surface area contributed by atoms with Crippen molar-refractivity contribution in [2.75, 3.05) is 39.4 Å². The first-order chi connectivity index (χ1) is 20.7. The quantitative estimate of drug-likeness (QED) is 0.0809. The Morgan fingerprint density at radius 3 is 1.34 bits per heavy atom. The van der Waals surface area contributed by atoms with E-state index in [0.29, 0.717) is 45.4 Å². The average molecular weight is 651 g/mol. The van der Waals surface area contributed by atoms with Crippen LogP contribution in [0.4, 0.5) is 35.9 Å². The second kappa shape index (κ2) is 22.6. The summed E-state index contributed by atoms with van der Waals surface area (Å²) >= 11 is 0. The summed E-state index contributed by atoms with van der Waals surface area (Å²) in [4.78, 5) is 50.6. The van der Waals surface area contributed by atoms with Gasteiger partial charge < -0.3 is 29.9 Å². The SMILES string of the molecule is CCCCCCOC(=O)N(CCC)CCCCN(CCC(NC(=O)C(F)(F)F)NC(=O)C(F)(F)F)C(=O)OCCCCCC. The molecule has 0 aliphatic heterocycles. The third-order valence-corrected chi connectivity index (χ3v) is 6.38. The molecule has 0 atom stereocenters. The number of unbranched alkanes of at least 4 members (excludes halogenated alkanes) is 7. The Morgan fingerprint density at radius 2 is 0.977 bits per heavy atom. The van der Waals surface area contributed by atoms with Crippen molar-refractivity contribution < 1.29 is 55.0 Å². The Balaban J connectivity index is 5.36. The number of halogens is 6. The van der Waals surface area contributed by atoms with Gasteiger partial charge in [-0.3, -0.25) is 9.59 Å². The highest BCUT2D eigenvalue weighted by atomic mass is 19.4. The van der Waals surface area contributed by atoms with Crippen LogP contribution in [0.2, 0.25) is 0 Å². The minimum Gasteiger partial charge on any atom is -0.449 e. The molecule has 0 aliphatic carbocycles. The molecule has 2 N–H and O–H groups in total. The summed E-state index contributed by atoms with van der Waals surface area (Å²) in [7, 11) is 0. The maximum atomic E-state index is 12.8. The first-order valence-corrected chi connectivity index (χ1v) is 15.3.